The maximum atomic E-state index is 7.14. The summed E-state index contributed by atoms with van der Waals surface area (Å²) in [6.07, 6.45) is 0. The Balaban J connectivity index is 1.02. The first-order valence-corrected chi connectivity index (χ1v) is 22.4. The van der Waals surface area contributed by atoms with E-state index in [-0.39, 0.29) is 0 Å². The summed E-state index contributed by atoms with van der Waals surface area (Å²) in [5, 5.41) is 10.5. The van der Waals surface area contributed by atoms with Crippen molar-refractivity contribution in [2.75, 3.05) is 0 Å². The largest absolute Gasteiger partial charge is 0.455 e. The number of aromatic nitrogens is 3. The van der Waals surface area contributed by atoms with Crippen molar-refractivity contribution in [2.24, 2.45) is 0 Å². The molecule has 0 radical (unpaired) electrons. The fourth-order valence-electron chi connectivity index (χ4n) is 9.82. The molecule has 0 unspecified atom stereocenters. The van der Waals surface area contributed by atoms with Gasteiger partial charge in [0.25, 0.3) is 0 Å². The second kappa shape index (κ2) is 12.9. The second-order valence-electron chi connectivity index (χ2n) is 16.0. The lowest BCUT2D eigenvalue weighted by Crippen LogP contribution is -2.02. The van der Waals surface area contributed by atoms with Gasteiger partial charge in [-0.2, -0.15) is 0 Å². The summed E-state index contributed by atoms with van der Waals surface area (Å²) in [5.41, 5.74) is 11.4. The standard InChI is InChI=1S/C56H31N3OS2/c1-2-12-32(13-3-1)33-22-24-34(25-23-33)52-55-53(40-18-8-11-21-48(40)62-55)58-56(57-52)59-44-19-9-6-17-39(44)51-45(59)28-27-41-50-38-16-5-4-14-36(38)42(31-46(50)60-54(41)51)35-26-29-49-43(30-35)37-15-7-10-20-47(37)61-49/h1-31H. The number of thiophene rings is 2. The van der Waals surface area contributed by atoms with Crippen molar-refractivity contribution in [3.63, 3.8) is 0 Å². The molecule has 0 saturated carbocycles. The lowest BCUT2D eigenvalue weighted by Gasteiger charge is -2.11. The molecule has 14 aromatic rings. The first kappa shape index (κ1) is 34.1. The Morgan fingerprint density at radius 3 is 1.89 bits per heavy atom. The predicted octanol–water partition coefficient (Wildman–Crippen LogP) is 16.4. The summed E-state index contributed by atoms with van der Waals surface area (Å²) in [4.78, 5) is 10.9. The lowest BCUT2D eigenvalue weighted by molar-refractivity contribution is 0.673. The Labute approximate surface area is 362 Å². The van der Waals surface area contributed by atoms with E-state index in [2.05, 4.69) is 193 Å². The monoisotopic (exact) mass is 825 g/mol. The van der Waals surface area contributed by atoms with Crippen LogP contribution >= 0.6 is 22.7 Å². The van der Waals surface area contributed by atoms with Crippen molar-refractivity contribution >= 4 is 118 Å². The third kappa shape index (κ3) is 4.87. The van der Waals surface area contributed by atoms with Crippen molar-refractivity contribution in [1.29, 1.82) is 0 Å². The van der Waals surface area contributed by atoms with Gasteiger partial charge in [0.1, 0.15) is 11.2 Å². The zero-order valence-electron chi connectivity index (χ0n) is 33.0. The van der Waals surface area contributed by atoms with E-state index in [1.165, 1.54) is 52.3 Å². The maximum Gasteiger partial charge on any atom is 0.235 e. The Morgan fingerprint density at radius 2 is 1.05 bits per heavy atom. The van der Waals surface area contributed by atoms with Gasteiger partial charge in [0.05, 0.1) is 32.3 Å². The zero-order chi connectivity index (χ0) is 40.5. The summed E-state index contributed by atoms with van der Waals surface area (Å²) < 4.78 is 14.3. The summed E-state index contributed by atoms with van der Waals surface area (Å²) in [6, 6.07) is 67.5. The summed E-state index contributed by atoms with van der Waals surface area (Å²) in [5.74, 6) is 0.633. The van der Waals surface area contributed by atoms with Gasteiger partial charge in [0.2, 0.25) is 5.95 Å². The molecule has 0 fully saturated rings. The smallest absolute Gasteiger partial charge is 0.235 e. The van der Waals surface area contributed by atoms with Crippen LogP contribution in [0.2, 0.25) is 0 Å². The number of nitrogens with zero attached hydrogens (tertiary/aromatic N) is 3. The highest BCUT2D eigenvalue weighted by molar-refractivity contribution is 7.26. The van der Waals surface area contributed by atoms with E-state index in [1.807, 2.05) is 11.3 Å². The highest BCUT2D eigenvalue weighted by Crippen LogP contribution is 2.46. The minimum Gasteiger partial charge on any atom is -0.455 e. The number of benzene rings is 9. The third-order valence-corrected chi connectivity index (χ3v) is 15.0. The number of para-hydroxylation sites is 1. The average molecular weight is 826 g/mol. The van der Waals surface area contributed by atoms with Gasteiger partial charge in [-0.1, -0.05) is 140 Å². The predicted molar refractivity (Wildman–Crippen MR) is 263 cm³/mol. The zero-order valence-corrected chi connectivity index (χ0v) is 34.6. The number of fused-ring (bicyclic) bond motifs is 15. The molecule has 0 aliphatic heterocycles. The van der Waals surface area contributed by atoms with E-state index < -0.39 is 0 Å². The van der Waals surface area contributed by atoms with E-state index in [0.29, 0.717) is 5.95 Å². The molecule has 9 aromatic carbocycles. The Morgan fingerprint density at radius 1 is 0.403 bits per heavy atom. The van der Waals surface area contributed by atoms with Gasteiger partial charge in [0, 0.05) is 52.0 Å². The molecule has 5 heterocycles. The highest BCUT2D eigenvalue weighted by Gasteiger charge is 2.24. The molecule has 0 aliphatic carbocycles. The normalized spacial score (nSPS) is 12.2. The van der Waals surface area contributed by atoms with Gasteiger partial charge in [-0.05, 0) is 81.6 Å². The molecule has 4 nitrogen and oxygen atoms in total. The maximum absolute atomic E-state index is 7.14. The van der Waals surface area contributed by atoms with E-state index in [0.717, 1.165) is 76.2 Å². The molecule has 0 saturated heterocycles. The molecule has 0 bridgehead atoms. The molecule has 0 spiro atoms. The highest BCUT2D eigenvalue weighted by atomic mass is 32.1. The van der Waals surface area contributed by atoms with Gasteiger partial charge >= 0.3 is 0 Å². The van der Waals surface area contributed by atoms with Gasteiger partial charge in [0.15, 0.2) is 0 Å². The Kier molecular flexibility index (Phi) is 7.11. The summed E-state index contributed by atoms with van der Waals surface area (Å²) >= 11 is 3.60. The van der Waals surface area contributed by atoms with Crippen LogP contribution in [-0.4, -0.2) is 14.5 Å². The quantitative estimate of drug-likeness (QED) is 0.178. The van der Waals surface area contributed by atoms with Crippen LogP contribution in [0, 0.1) is 0 Å². The van der Waals surface area contributed by atoms with Crippen LogP contribution in [-0.2, 0) is 0 Å². The fourth-order valence-corrected chi connectivity index (χ4v) is 12.1. The molecule has 14 rings (SSSR count). The molecule has 0 atom stereocenters. The van der Waals surface area contributed by atoms with E-state index in [1.54, 1.807) is 11.3 Å². The fraction of sp³-hybridized carbons (Fsp3) is 0. The molecular weight excluding hydrogens is 795 g/mol. The molecule has 288 valence electrons. The van der Waals surface area contributed by atoms with Crippen LogP contribution in [0.3, 0.4) is 0 Å². The van der Waals surface area contributed by atoms with Crippen molar-refractivity contribution in [3.8, 4) is 39.5 Å². The van der Waals surface area contributed by atoms with E-state index in [4.69, 9.17) is 14.4 Å². The minimum atomic E-state index is 0.633. The molecule has 62 heavy (non-hydrogen) atoms. The lowest BCUT2D eigenvalue weighted by atomic mass is 9.94. The van der Waals surface area contributed by atoms with Crippen LogP contribution in [0.25, 0.3) is 134 Å². The molecule has 5 aromatic heterocycles. The van der Waals surface area contributed by atoms with Gasteiger partial charge in [-0.3, -0.25) is 4.57 Å². The van der Waals surface area contributed by atoms with Crippen LogP contribution in [0.15, 0.2) is 192 Å². The Bertz CT molecular complexity index is 4150. The van der Waals surface area contributed by atoms with Crippen molar-refractivity contribution in [1.82, 2.24) is 14.5 Å². The van der Waals surface area contributed by atoms with Crippen molar-refractivity contribution in [3.05, 3.63) is 188 Å². The second-order valence-corrected chi connectivity index (χ2v) is 18.2. The number of hydrogen-bond donors (Lipinski definition) is 0. The number of rotatable bonds is 4. The summed E-state index contributed by atoms with van der Waals surface area (Å²) in [7, 11) is 0. The van der Waals surface area contributed by atoms with Gasteiger partial charge in [-0.15, -0.1) is 22.7 Å². The molecule has 0 N–H and O–H groups in total. The summed E-state index contributed by atoms with van der Waals surface area (Å²) in [6.45, 7) is 0. The van der Waals surface area contributed by atoms with Crippen molar-refractivity contribution in [2.45, 2.75) is 0 Å². The van der Waals surface area contributed by atoms with Gasteiger partial charge < -0.3 is 4.42 Å². The minimum absolute atomic E-state index is 0.633. The molecular formula is C56H31N3OS2. The third-order valence-electron chi connectivity index (χ3n) is 12.6. The molecule has 0 amide bonds. The first-order chi connectivity index (χ1) is 30.7. The average Bonchev–Trinajstić information content (AvgIpc) is 4.10. The topological polar surface area (TPSA) is 43.9 Å². The molecule has 0 aliphatic rings. The number of hydrogen-bond acceptors (Lipinski definition) is 5. The first-order valence-electron chi connectivity index (χ1n) is 20.8. The Hall–Kier alpha value is -7.64. The van der Waals surface area contributed by atoms with E-state index >= 15 is 0 Å². The molecule has 6 heteroatoms. The van der Waals surface area contributed by atoms with Crippen molar-refractivity contribution < 1.29 is 4.42 Å². The SMILES string of the molecule is c1ccc(-c2ccc(-c3nc(-n4c5ccccc5c5c6oc7cc(-c8ccc9sc%10ccccc%10c9c8)c8ccccc8c7c6ccc54)nc4c3sc3ccccc34)cc2)cc1. The van der Waals surface area contributed by atoms with Gasteiger partial charge in [-0.25, -0.2) is 9.97 Å². The van der Waals surface area contributed by atoms with E-state index in [9.17, 15) is 0 Å². The van der Waals surface area contributed by atoms with Crippen LogP contribution < -0.4 is 0 Å². The number of furan rings is 1. The van der Waals surface area contributed by atoms with Crippen LogP contribution in [0.5, 0.6) is 0 Å². The van der Waals surface area contributed by atoms with Crippen LogP contribution in [0.1, 0.15) is 0 Å². The van der Waals surface area contributed by atoms with Crippen LogP contribution in [0.4, 0.5) is 0 Å².